The molecular weight excluding hydrogens is 674 g/mol. The Bertz CT molecular complexity index is 763. The van der Waals surface area contributed by atoms with E-state index in [0.717, 1.165) is 34.7 Å². The lowest BCUT2D eigenvalue weighted by atomic mass is 10.4. The average Bonchev–Trinajstić information content (AvgIpc) is 2.83. The smallest absolute Gasteiger partial charge is 0.196 e. The minimum atomic E-state index is 0.530. The van der Waals surface area contributed by atoms with Gasteiger partial charge in [0.2, 0.25) is 0 Å². The Balaban J connectivity index is 0.000000303. The molecule has 3 aromatic heterocycles. The van der Waals surface area contributed by atoms with Crippen LogP contribution in [-0.4, -0.2) is 50.3 Å². The monoisotopic (exact) mass is 700 g/mol. The highest BCUT2D eigenvalue weighted by Gasteiger charge is 1.98. The lowest BCUT2D eigenvalue weighted by Gasteiger charge is -2.00. The summed E-state index contributed by atoms with van der Waals surface area (Å²) in [5.41, 5.74) is 0. The van der Waals surface area contributed by atoms with Crippen LogP contribution in [0.3, 0.4) is 0 Å². The van der Waals surface area contributed by atoms with Gasteiger partial charge in [0.25, 0.3) is 0 Å². The fourth-order valence-electron chi connectivity index (χ4n) is 1.75. The van der Waals surface area contributed by atoms with Crippen LogP contribution in [0.15, 0.2) is 65.7 Å². The highest BCUT2D eigenvalue weighted by Crippen LogP contribution is 2.17. The molecule has 3 heterocycles. The van der Waals surface area contributed by atoms with Gasteiger partial charge in [0, 0.05) is 48.7 Å². The van der Waals surface area contributed by atoms with Gasteiger partial charge in [0.15, 0.2) is 15.1 Å². The second kappa shape index (κ2) is 21.5. The van der Waals surface area contributed by atoms with Crippen molar-refractivity contribution in [2.75, 3.05) is 20.4 Å². The van der Waals surface area contributed by atoms with Gasteiger partial charge in [-0.3, -0.25) is 0 Å². The Hall–Kier alpha value is -0.380. The van der Waals surface area contributed by atoms with E-state index >= 15 is 0 Å². The van der Waals surface area contributed by atoms with Crippen LogP contribution in [-0.2, 0) is 0 Å². The topological polar surface area (TPSA) is 80.2 Å². The molecule has 11 heteroatoms. The number of nitrogens with zero attached hydrogens (tertiary/aromatic N) is 5. The molecule has 6 nitrogen and oxygen atoms in total. The van der Waals surface area contributed by atoms with Gasteiger partial charge in [-0.25, -0.2) is 24.9 Å². The molecule has 0 radical (unpaired) electrons. The molecule has 0 fully saturated rings. The fraction of sp³-hybridized carbons (Fsp3) is 0.400. The van der Waals surface area contributed by atoms with Crippen molar-refractivity contribution in [1.82, 2.24) is 29.9 Å². The molecule has 0 bridgehead atoms. The molecular formula is C20H26I2N6S3. The average molecular weight is 700 g/mol. The number of unbranched alkanes of at least 4 members (excludes halogenated alkanes) is 2. The number of hydrogen-bond acceptors (Lipinski definition) is 8. The molecule has 0 aliphatic rings. The normalized spacial score (nSPS) is 9.74. The summed E-state index contributed by atoms with van der Waals surface area (Å²) in [6.07, 6.45) is 15.6. The molecule has 1 N–H and O–H groups in total. The highest BCUT2D eigenvalue weighted by molar-refractivity contribution is 14.1. The van der Waals surface area contributed by atoms with Gasteiger partial charge in [0.05, 0.1) is 0 Å². The van der Waals surface area contributed by atoms with Crippen LogP contribution in [0.2, 0.25) is 0 Å². The van der Waals surface area contributed by atoms with Crippen LogP contribution >= 0.6 is 80.9 Å². The van der Waals surface area contributed by atoms with E-state index in [-0.39, 0.29) is 0 Å². The van der Waals surface area contributed by atoms with Crippen LogP contribution < -0.4 is 0 Å². The molecule has 0 aliphatic heterocycles. The number of hydrogen-bond donors (Lipinski definition) is 1. The second-order valence-electron chi connectivity index (χ2n) is 5.64. The number of halogens is 2. The molecule has 31 heavy (non-hydrogen) atoms. The predicted molar refractivity (Wildman–Crippen MR) is 151 cm³/mol. The van der Waals surface area contributed by atoms with E-state index in [9.17, 15) is 0 Å². The van der Waals surface area contributed by atoms with Crippen molar-refractivity contribution in [1.29, 1.82) is 0 Å². The number of H-pyrrole nitrogens is 1. The molecule has 0 amide bonds. The van der Waals surface area contributed by atoms with E-state index in [0.29, 0.717) is 4.77 Å². The van der Waals surface area contributed by atoms with Crippen LogP contribution in [0.25, 0.3) is 0 Å². The predicted octanol–water partition coefficient (Wildman–Crippen LogP) is 6.71. The van der Waals surface area contributed by atoms with Crippen LogP contribution in [0.1, 0.15) is 25.7 Å². The van der Waals surface area contributed by atoms with E-state index in [1.807, 2.05) is 12.1 Å². The zero-order chi connectivity index (χ0) is 22.4. The maximum atomic E-state index is 4.65. The maximum absolute atomic E-state index is 4.65. The van der Waals surface area contributed by atoms with Crippen molar-refractivity contribution in [2.24, 2.45) is 0 Å². The summed E-state index contributed by atoms with van der Waals surface area (Å²) in [5, 5.41) is 1.72. The van der Waals surface area contributed by atoms with Crippen molar-refractivity contribution < 1.29 is 0 Å². The fourth-order valence-corrected chi connectivity index (χ4v) is 4.56. The Labute approximate surface area is 225 Å². The quantitative estimate of drug-likeness (QED) is 0.0625. The van der Waals surface area contributed by atoms with Crippen molar-refractivity contribution in [2.45, 2.75) is 36.0 Å². The number of alkyl halides is 2. The minimum absolute atomic E-state index is 0.530. The largest absolute Gasteiger partial charge is 0.337 e. The number of thioether (sulfide) groups is 2. The van der Waals surface area contributed by atoms with Gasteiger partial charge in [-0.15, -0.1) is 0 Å². The van der Waals surface area contributed by atoms with E-state index in [1.54, 1.807) is 66.8 Å². The van der Waals surface area contributed by atoms with Gasteiger partial charge in [-0.2, -0.15) is 0 Å². The molecule has 0 spiro atoms. The number of aromatic nitrogens is 6. The molecule has 3 aromatic rings. The third-order valence-corrected chi connectivity index (χ3v) is 6.86. The van der Waals surface area contributed by atoms with Gasteiger partial charge in [-0.05, 0) is 65.0 Å². The first kappa shape index (κ1) is 28.7. The maximum Gasteiger partial charge on any atom is 0.196 e. The summed E-state index contributed by atoms with van der Waals surface area (Å²) in [5.74, 6) is 2.11. The summed E-state index contributed by atoms with van der Waals surface area (Å²) in [6, 6.07) is 5.46. The highest BCUT2D eigenvalue weighted by atomic mass is 127. The van der Waals surface area contributed by atoms with Gasteiger partial charge in [-0.1, -0.05) is 68.7 Å². The standard InChI is InChI=1S/C12H14N4S2.C4H8I2.C4H4N2S/c1(9-17-11-13-5-3-6-14-11)2-10-18-12-15-7-4-8-16-12;5-3-1-2-4-6;7-4-5-2-1-3-6-4/h3-8H,1-2,9-10H2;1-4H2;1-3H,(H,5,6,7). The minimum Gasteiger partial charge on any atom is -0.337 e. The van der Waals surface area contributed by atoms with E-state index < -0.39 is 0 Å². The Morgan fingerprint density at radius 2 is 1.13 bits per heavy atom. The molecule has 0 aliphatic carbocycles. The first-order chi connectivity index (χ1) is 15.3. The lowest BCUT2D eigenvalue weighted by Crippen LogP contribution is -1.89. The second-order valence-corrected chi connectivity index (χ2v) is 10.3. The van der Waals surface area contributed by atoms with Crippen LogP contribution in [0.4, 0.5) is 0 Å². The number of rotatable bonds is 10. The van der Waals surface area contributed by atoms with Crippen LogP contribution in [0.5, 0.6) is 0 Å². The molecule has 3 rings (SSSR count). The molecule has 0 saturated heterocycles. The van der Waals surface area contributed by atoms with Gasteiger partial charge < -0.3 is 4.98 Å². The molecule has 0 saturated carbocycles. The van der Waals surface area contributed by atoms with E-state index in [2.05, 4.69) is 87.3 Å². The van der Waals surface area contributed by atoms with E-state index in [4.69, 9.17) is 0 Å². The van der Waals surface area contributed by atoms with Crippen molar-refractivity contribution in [3.63, 3.8) is 0 Å². The van der Waals surface area contributed by atoms with Gasteiger partial charge >= 0.3 is 0 Å². The zero-order valence-corrected chi connectivity index (χ0v) is 23.8. The molecule has 0 atom stereocenters. The Kier molecular flexibility index (Phi) is 19.8. The Morgan fingerprint density at radius 3 is 1.45 bits per heavy atom. The van der Waals surface area contributed by atoms with Crippen molar-refractivity contribution in [3.05, 3.63) is 60.2 Å². The van der Waals surface area contributed by atoms with E-state index in [1.165, 1.54) is 21.7 Å². The zero-order valence-electron chi connectivity index (χ0n) is 17.1. The van der Waals surface area contributed by atoms with Crippen LogP contribution in [0, 0.1) is 4.77 Å². The molecule has 0 aromatic carbocycles. The third kappa shape index (κ3) is 17.8. The molecule has 0 unspecified atom stereocenters. The first-order valence-electron chi connectivity index (χ1n) is 9.67. The summed E-state index contributed by atoms with van der Waals surface area (Å²) in [4.78, 5) is 23.2. The summed E-state index contributed by atoms with van der Waals surface area (Å²) in [6.45, 7) is 0. The summed E-state index contributed by atoms with van der Waals surface area (Å²) >= 11 is 12.9. The Morgan fingerprint density at radius 1 is 0.677 bits per heavy atom. The number of aromatic amines is 1. The molecule has 168 valence electrons. The van der Waals surface area contributed by atoms with Gasteiger partial charge in [0.1, 0.15) is 0 Å². The first-order valence-corrected chi connectivity index (χ1v) is 15.1. The van der Waals surface area contributed by atoms with Crippen molar-refractivity contribution >= 4 is 80.9 Å². The summed E-state index contributed by atoms with van der Waals surface area (Å²) < 4.78 is 3.17. The van der Waals surface area contributed by atoms with Crippen molar-refractivity contribution in [3.8, 4) is 0 Å². The SMILES string of the molecule is ICCCCI.S=c1nccc[nH]1.c1cnc(SCCCCSc2ncccn2)nc1. The summed E-state index contributed by atoms with van der Waals surface area (Å²) in [7, 11) is 0. The third-order valence-electron chi connectivity index (χ3n) is 3.18. The lowest BCUT2D eigenvalue weighted by molar-refractivity contribution is 0.889. The number of nitrogens with one attached hydrogen (secondary N) is 1.